The lowest BCUT2D eigenvalue weighted by Crippen LogP contribution is -2.55. The number of nitrogens with one attached hydrogen (secondary N) is 4. The Hall–Kier alpha value is -3.73. The van der Waals surface area contributed by atoms with Crippen LogP contribution in [0.3, 0.4) is 0 Å². The van der Waals surface area contributed by atoms with E-state index in [1.807, 2.05) is 27.0 Å². The summed E-state index contributed by atoms with van der Waals surface area (Å²) < 4.78 is 0. The van der Waals surface area contributed by atoms with Crippen LogP contribution < -0.4 is 21.3 Å². The molecule has 1 aromatic carbocycles. The van der Waals surface area contributed by atoms with Gasteiger partial charge in [-0.2, -0.15) is 0 Å². The molecule has 1 aliphatic heterocycles. The summed E-state index contributed by atoms with van der Waals surface area (Å²) in [4.78, 5) is 69.8. The minimum absolute atomic E-state index is 0.0197. The lowest BCUT2D eigenvalue weighted by atomic mass is 9.83. The second kappa shape index (κ2) is 18.4. The van der Waals surface area contributed by atoms with E-state index in [1.165, 1.54) is 11.3 Å². The van der Waals surface area contributed by atoms with E-state index in [9.17, 15) is 24.0 Å². The third-order valence-corrected chi connectivity index (χ3v) is 9.03. The van der Waals surface area contributed by atoms with Gasteiger partial charge in [-0.05, 0) is 57.1 Å². The van der Waals surface area contributed by atoms with Crippen LogP contribution in [0, 0.1) is 5.92 Å². The van der Waals surface area contributed by atoms with Gasteiger partial charge >= 0.3 is 0 Å². The average Bonchev–Trinajstić information content (AvgIpc) is 3.56. The van der Waals surface area contributed by atoms with Crippen molar-refractivity contribution < 1.29 is 24.0 Å². The normalized spacial score (nSPS) is 19.1. The topological polar surface area (TPSA) is 140 Å². The Morgan fingerprint density at radius 1 is 0.957 bits per heavy atom. The molecule has 1 saturated heterocycles. The van der Waals surface area contributed by atoms with Crippen LogP contribution >= 0.6 is 0 Å². The molecule has 46 heavy (non-hydrogen) atoms. The Balaban J connectivity index is 1.67. The van der Waals surface area contributed by atoms with Crippen LogP contribution in [0.5, 0.6) is 0 Å². The van der Waals surface area contributed by atoms with E-state index in [4.69, 9.17) is 0 Å². The van der Waals surface area contributed by atoms with E-state index in [1.54, 1.807) is 49.3 Å². The van der Waals surface area contributed by atoms with E-state index in [-0.39, 0.29) is 36.2 Å². The fourth-order valence-electron chi connectivity index (χ4n) is 6.65. The average molecular weight is 639 g/mol. The molecule has 1 aliphatic carbocycles. The first-order valence-electron chi connectivity index (χ1n) is 16.9. The number of carbonyl (C=O) groups excluding carboxylic acids is 5. The van der Waals surface area contributed by atoms with Crippen LogP contribution in [0.15, 0.2) is 42.0 Å². The monoisotopic (exact) mass is 638 g/mol. The van der Waals surface area contributed by atoms with E-state index in [0.29, 0.717) is 43.4 Å². The molecule has 0 spiro atoms. The Morgan fingerprint density at radius 3 is 2.26 bits per heavy atom. The Morgan fingerprint density at radius 2 is 1.65 bits per heavy atom. The molecule has 5 amide bonds. The van der Waals surface area contributed by atoms with Gasteiger partial charge in [-0.3, -0.25) is 24.0 Å². The zero-order chi connectivity index (χ0) is 33.6. The maximum atomic E-state index is 13.7. The molecule has 1 saturated carbocycles. The van der Waals surface area contributed by atoms with Crippen molar-refractivity contribution in [3.8, 4) is 0 Å². The highest BCUT2D eigenvalue weighted by Gasteiger charge is 2.40. The van der Waals surface area contributed by atoms with Crippen molar-refractivity contribution in [2.75, 3.05) is 34.2 Å². The molecule has 4 N–H and O–H groups in total. The van der Waals surface area contributed by atoms with Crippen LogP contribution in [0.2, 0.25) is 0 Å². The molecule has 1 aromatic rings. The van der Waals surface area contributed by atoms with Crippen LogP contribution in [0.1, 0.15) is 89.7 Å². The number of hydrogen-bond donors (Lipinski definition) is 4. The number of allylic oxidation sites excluding steroid dienone is 1. The molecular weight excluding hydrogens is 584 g/mol. The van der Waals surface area contributed by atoms with Gasteiger partial charge in [0.25, 0.3) is 0 Å². The van der Waals surface area contributed by atoms with Crippen LogP contribution in [-0.4, -0.2) is 91.7 Å². The molecule has 11 heteroatoms. The molecule has 3 rings (SSSR count). The fraction of sp³-hybridized carbons (Fsp3) is 0.629. The summed E-state index contributed by atoms with van der Waals surface area (Å²) in [6, 6.07) is 6.57. The molecule has 2 fully saturated rings. The van der Waals surface area contributed by atoms with Gasteiger partial charge in [0.1, 0.15) is 12.1 Å². The second-order valence-electron chi connectivity index (χ2n) is 12.6. The third-order valence-electron chi connectivity index (χ3n) is 9.03. The van der Waals surface area contributed by atoms with Gasteiger partial charge in [0.2, 0.25) is 29.5 Å². The Labute approximate surface area is 274 Å². The highest BCUT2D eigenvalue weighted by molar-refractivity contribution is 5.98. The van der Waals surface area contributed by atoms with Crippen LogP contribution in [0.25, 0.3) is 0 Å². The molecule has 0 bridgehead atoms. The standard InChI is InChI=1S/C35H54N6O5/c1-6-15-26(32(43)37-23-29(42)39-31(34(45)40(4)5)25-19-12-9-13-20-25)27(16-7-2)38-33(44)28-21-14-22-41(28)35(46)30(36-3)24-17-10-8-11-18-24/h9,12-13,15,19-20,24,27-28,30-31,36H,6-8,10-11,14,16-18,21-23H2,1-5H3,(H,37,43)(H,38,44)(H,39,42)/b26-15+. The maximum Gasteiger partial charge on any atom is 0.249 e. The maximum absolute atomic E-state index is 13.7. The van der Waals surface area contributed by atoms with Crippen molar-refractivity contribution in [3.63, 3.8) is 0 Å². The first-order valence-corrected chi connectivity index (χ1v) is 16.9. The summed E-state index contributed by atoms with van der Waals surface area (Å²) in [5.41, 5.74) is 1.01. The number of amides is 5. The van der Waals surface area contributed by atoms with Crippen molar-refractivity contribution in [1.29, 1.82) is 0 Å². The summed E-state index contributed by atoms with van der Waals surface area (Å²) in [6.45, 7) is 4.08. The van der Waals surface area contributed by atoms with Gasteiger partial charge in [-0.1, -0.05) is 75.9 Å². The molecule has 11 nitrogen and oxygen atoms in total. The Bertz CT molecular complexity index is 1210. The lowest BCUT2D eigenvalue weighted by Gasteiger charge is -2.34. The molecule has 0 aromatic heterocycles. The zero-order valence-electron chi connectivity index (χ0n) is 28.3. The summed E-state index contributed by atoms with van der Waals surface area (Å²) in [7, 11) is 5.06. The van der Waals surface area contributed by atoms with Gasteiger partial charge in [-0.25, -0.2) is 0 Å². The molecule has 2 aliphatic rings. The van der Waals surface area contributed by atoms with Gasteiger partial charge in [0.15, 0.2) is 0 Å². The van der Waals surface area contributed by atoms with E-state index < -0.39 is 29.9 Å². The minimum Gasteiger partial charge on any atom is -0.347 e. The quantitative estimate of drug-likeness (QED) is 0.218. The highest BCUT2D eigenvalue weighted by Crippen LogP contribution is 2.29. The minimum atomic E-state index is -0.893. The predicted molar refractivity (Wildman–Crippen MR) is 178 cm³/mol. The van der Waals surface area contributed by atoms with Crippen molar-refractivity contribution in [2.45, 2.75) is 102 Å². The van der Waals surface area contributed by atoms with Gasteiger partial charge in [-0.15, -0.1) is 0 Å². The predicted octanol–water partition coefficient (Wildman–Crippen LogP) is 2.83. The summed E-state index contributed by atoms with van der Waals surface area (Å²) in [6.07, 6.45) is 10.3. The summed E-state index contributed by atoms with van der Waals surface area (Å²) in [5, 5.41) is 11.8. The molecule has 0 radical (unpaired) electrons. The zero-order valence-corrected chi connectivity index (χ0v) is 28.3. The van der Waals surface area contributed by atoms with Crippen molar-refractivity contribution in [1.82, 2.24) is 31.1 Å². The van der Waals surface area contributed by atoms with Crippen molar-refractivity contribution in [3.05, 3.63) is 47.5 Å². The van der Waals surface area contributed by atoms with Gasteiger partial charge in [0.05, 0.1) is 18.6 Å². The lowest BCUT2D eigenvalue weighted by molar-refractivity contribution is -0.141. The number of hydrogen-bond acceptors (Lipinski definition) is 6. The number of nitrogens with zero attached hydrogens (tertiary/aromatic N) is 2. The molecule has 4 atom stereocenters. The van der Waals surface area contributed by atoms with Gasteiger partial charge < -0.3 is 31.1 Å². The van der Waals surface area contributed by atoms with Crippen LogP contribution in [-0.2, 0) is 24.0 Å². The first-order chi connectivity index (χ1) is 22.1. The highest BCUT2D eigenvalue weighted by atomic mass is 16.2. The third kappa shape index (κ3) is 9.88. The van der Waals surface area contributed by atoms with Crippen LogP contribution in [0.4, 0.5) is 0 Å². The molecule has 254 valence electrons. The van der Waals surface area contributed by atoms with E-state index in [2.05, 4.69) is 21.3 Å². The molecular formula is C35H54N6O5. The van der Waals surface area contributed by atoms with E-state index >= 15 is 0 Å². The fourth-order valence-corrected chi connectivity index (χ4v) is 6.65. The molecule has 1 heterocycles. The van der Waals surface area contributed by atoms with E-state index in [0.717, 1.165) is 32.1 Å². The SMILES string of the molecule is CC/C=C(/C(=O)NCC(=O)NC(C(=O)N(C)C)c1ccccc1)C(CCC)NC(=O)C1CCCN1C(=O)C(NC)C1CCCCC1. The summed E-state index contributed by atoms with van der Waals surface area (Å²) >= 11 is 0. The first kappa shape index (κ1) is 36.7. The van der Waals surface area contributed by atoms with Crippen molar-refractivity contribution in [2.24, 2.45) is 5.92 Å². The largest absolute Gasteiger partial charge is 0.347 e. The summed E-state index contributed by atoms with van der Waals surface area (Å²) in [5.74, 6) is -1.27. The molecule has 4 unspecified atom stereocenters. The smallest absolute Gasteiger partial charge is 0.249 e. The van der Waals surface area contributed by atoms with Crippen molar-refractivity contribution >= 4 is 29.5 Å². The second-order valence-corrected chi connectivity index (χ2v) is 12.6. The number of carbonyl (C=O) groups is 5. The number of likely N-dealkylation sites (tertiary alicyclic amines) is 1. The number of rotatable bonds is 15. The van der Waals surface area contributed by atoms with Gasteiger partial charge in [0, 0.05) is 26.2 Å². The Kier molecular flexibility index (Phi) is 14.7. The number of benzene rings is 1. The number of likely N-dealkylation sites (N-methyl/N-ethyl adjacent to an activating group) is 2.